The quantitative estimate of drug-likeness (QED) is 0.373. The van der Waals surface area contributed by atoms with Crippen molar-refractivity contribution in [3.63, 3.8) is 0 Å². The molecule has 2 aliphatic rings. The molecule has 5 nitrogen and oxygen atoms in total. The molecule has 0 spiro atoms. The first-order valence-electron chi connectivity index (χ1n) is 12.3. The minimum absolute atomic E-state index is 0.204. The van der Waals surface area contributed by atoms with Crippen LogP contribution in [0.2, 0.25) is 5.02 Å². The number of carbonyl (C=O) groups is 1. The topological polar surface area (TPSA) is 64.3 Å². The Kier molecular flexibility index (Phi) is 7.02. The lowest BCUT2D eigenvalue weighted by Crippen LogP contribution is -2.23. The highest BCUT2D eigenvalue weighted by atomic mass is 35.5. The number of aliphatic carboxylic acids is 1. The van der Waals surface area contributed by atoms with Gasteiger partial charge in [-0.05, 0) is 68.1 Å². The van der Waals surface area contributed by atoms with E-state index in [0.717, 1.165) is 42.8 Å². The highest BCUT2D eigenvalue weighted by Gasteiger charge is 2.33. The van der Waals surface area contributed by atoms with Gasteiger partial charge in [0.2, 0.25) is 0 Å². The molecule has 1 aromatic heterocycles. The Bertz CT molecular complexity index is 1130. The van der Waals surface area contributed by atoms with Crippen LogP contribution in [0.3, 0.4) is 0 Å². The van der Waals surface area contributed by atoms with Crippen molar-refractivity contribution in [1.82, 2.24) is 9.78 Å². The molecule has 2 aromatic carbocycles. The Balaban J connectivity index is 1.42. The SMILES string of the molecule is O=C(O)COC[C@H]1CC[C@@H](Cn2nc(C3CC3)c(-c3cccc(Cl)c3)c2-c2ccccc2)CC1. The van der Waals surface area contributed by atoms with Gasteiger partial charge in [-0.25, -0.2) is 4.79 Å². The maximum atomic E-state index is 10.7. The van der Waals surface area contributed by atoms with Crippen LogP contribution in [-0.4, -0.2) is 34.1 Å². The van der Waals surface area contributed by atoms with Gasteiger partial charge in [0.15, 0.2) is 0 Å². The first-order chi connectivity index (χ1) is 16.6. The van der Waals surface area contributed by atoms with Gasteiger partial charge in [0, 0.05) is 28.6 Å². The van der Waals surface area contributed by atoms with E-state index < -0.39 is 5.97 Å². The molecule has 0 bridgehead atoms. The zero-order valence-corrected chi connectivity index (χ0v) is 20.1. The zero-order valence-electron chi connectivity index (χ0n) is 19.3. The Labute approximate surface area is 205 Å². The second-order valence-electron chi connectivity index (χ2n) is 9.74. The van der Waals surface area contributed by atoms with Crippen molar-refractivity contribution < 1.29 is 14.6 Å². The van der Waals surface area contributed by atoms with E-state index in [-0.39, 0.29) is 6.61 Å². The molecule has 0 aliphatic heterocycles. The molecule has 1 heterocycles. The molecule has 2 saturated carbocycles. The number of hydrogen-bond donors (Lipinski definition) is 1. The molecular formula is C28H31ClN2O3. The summed E-state index contributed by atoms with van der Waals surface area (Å²) in [6.45, 7) is 1.23. The highest BCUT2D eigenvalue weighted by Crippen LogP contribution is 2.48. The fraction of sp³-hybridized carbons (Fsp3) is 0.429. The summed E-state index contributed by atoms with van der Waals surface area (Å²) in [4.78, 5) is 10.7. The van der Waals surface area contributed by atoms with Gasteiger partial charge in [0.25, 0.3) is 0 Å². The number of carboxylic acids is 1. The van der Waals surface area contributed by atoms with E-state index in [9.17, 15) is 4.79 Å². The summed E-state index contributed by atoms with van der Waals surface area (Å²) < 4.78 is 7.60. The molecule has 0 radical (unpaired) electrons. The van der Waals surface area contributed by atoms with Crippen LogP contribution >= 0.6 is 11.6 Å². The molecule has 2 aliphatic carbocycles. The second-order valence-corrected chi connectivity index (χ2v) is 10.2. The molecule has 5 rings (SSSR count). The van der Waals surface area contributed by atoms with Gasteiger partial charge >= 0.3 is 5.97 Å². The summed E-state index contributed by atoms with van der Waals surface area (Å²) in [5.41, 5.74) is 5.95. The summed E-state index contributed by atoms with van der Waals surface area (Å²) >= 11 is 6.40. The third kappa shape index (κ3) is 5.37. The van der Waals surface area contributed by atoms with E-state index in [1.807, 2.05) is 12.1 Å². The molecule has 2 fully saturated rings. The van der Waals surface area contributed by atoms with Crippen LogP contribution in [0.15, 0.2) is 54.6 Å². The van der Waals surface area contributed by atoms with Crippen molar-refractivity contribution in [2.75, 3.05) is 13.2 Å². The first-order valence-corrected chi connectivity index (χ1v) is 12.7. The van der Waals surface area contributed by atoms with Gasteiger partial charge in [0.05, 0.1) is 18.0 Å². The Hall–Kier alpha value is -2.63. The lowest BCUT2D eigenvalue weighted by molar-refractivity contribution is -0.142. The lowest BCUT2D eigenvalue weighted by Gasteiger charge is -2.28. The Morgan fingerprint density at radius 2 is 1.68 bits per heavy atom. The molecule has 0 atom stereocenters. The Morgan fingerprint density at radius 3 is 2.35 bits per heavy atom. The van der Waals surface area contributed by atoms with Crippen molar-refractivity contribution in [3.05, 3.63) is 65.3 Å². The maximum Gasteiger partial charge on any atom is 0.329 e. The minimum Gasteiger partial charge on any atom is -0.480 e. The van der Waals surface area contributed by atoms with Crippen LogP contribution in [0.4, 0.5) is 0 Å². The van der Waals surface area contributed by atoms with Crippen LogP contribution in [-0.2, 0) is 16.1 Å². The van der Waals surface area contributed by atoms with E-state index in [1.165, 1.54) is 35.4 Å². The number of halogens is 1. The average Bonchev–Trinajstić information content (AvgIpc) is 3.62. The van der Waals surface area contributed by atoms with Crippen molar-refractivity contribution in [1.29, 1.82) is 0 Å². The highest BCUT2D eigenvalue weighted by molar-refractivity contribution is 6.30. The Morgan fingerprint density at radius 1 is 0.971 bits per heavy atom. The van der Waals surface area contributed by atoms with Gasteiger partial charge in [-0.1, -0.05) is 54.1 Å². The van der Waals surface area contributed by atoms with E-state index >= 15 is 0 Å². The number of ether oxygens (including phenoxy) is 1. The predicted molar refractivity (Wildman–Crippen MR) is 134 cm³/mol. The van der Waals surface area contributed by atoms with Crippen LogP contribution in [0.25, 0.3) is 22.4 Å². The summed E-state index contributed by atoms with van der Waals surface area (Å²) in [5, 5.41) is 14.8. The molecule has 0 saturated heterocycles. The fourth-order valence-electron chi connectivity index (χ4n) is 5.21. The summed E-state index contributed by atoms with van der Waals surface area (Å²) in [6.07, 6.45) is 6.76. The number of nitrogens with zero attached hydrogens (tertiary/aromatic N) is 2. The normalized spacial score (nSPS) is 20.4. The zero-order chi connectivity index (χ0) is 23.5. The monoisotopic (exact) mass is 478 g/mol. The van der Waals surface area contributed by atoms with Crippen LogP contribution in [0, 0.1) is 11.8 Å². The average molecular weight is 479 g/mol. The molecule has 178 valence electrons. The molecule has 6 heteroatoms. The van der Waals surface area contributed by atoms with Gasteiger partial charge in [0.1, 0.15) is 6.61 Å². The molecule has 0 amide bonds. The van der Waals surface area contributed by atoms with E-state index in [2.05, 4.69) is 47.1 Å². The molecule has 3 aromatic rings. The van der Waals surface area contributed by atoms with Gasteiger partial charge in [-0.15, -0.1) is 0 Å². The van der Waals surface area contributed by atoms with Crippen molar-refractivity contribution in [2.45, 2.75) is 51.0 Å². The molecule has 1 N–H and O–H groups in total. The van der Waals surface area contributed by atoms with E-state index in [1.54, 1.807) is 0 Å². The van der Waals surface area contributed by atoms with E-state index in [4.69, 9.17) is 26.5 Å². The van der Waals surface area contributed by atoms with Crippen molar-refractivity contribution in [2.24, 2.45) is 11.8 Å². The minimum atomic E-state index is -0.900. The fourth-order valence-corrected chi connectivity index (χ4v) is 5.40. The molecular weight excluding hydrogens is 448 g/mol. The number of benzene rings is 2. The largest absolute Gasteiger partial charge is 0.480 e. The third-order valence-corrected chi connectivity index (χ3v) is 7.32. The summed E-state index contributed by atoms with van der Waals surface area (Å²) in [5.74, 6) is 0.630. The van der Waals surface area contributed by atoms with Crippen molar-refractivity contribution >= 4 is 17.6 Å². The predicted octanol–water partition coefficient (Wildman–Crippen LogP) is 6.66. The van der Waals surface area contributed by atoms with Gasteiger partial charge in [-0.3, -0.25) is 4.68 Å². The van der Waals surface area contributed by atoms with Gasteiger partial charge < -0.3 is 9.84 Å². The molecule has 34 heavy (non-hydrogen) atoms. The maximum absolute atomic E-state index is 10.7. The molecule has 0 unspecified atom stereocenters. The number of carboxylic acid groups (broad SMARTS) is 1. The van der Waals surface area contributed by atoms with Crippen molar-refractivity contribution in [3.8, 4) is 22.4 Å². The second kappa shape index (κ2) is 10.3. The standard InChI is InChI=1S/C28H31ClN2O3/c29-24-8-4-7-23(15-24)26-27(21-13-14-21)30-31(28(26)22-5-2-1-3-6-22)16-19-9-11-20(12-10-19)17-34-18-25(32)33/h1-8,15,19-21H,9-14,16-18H2,(H,32,33)/t19-,20+. The first kappa shape index (κ1) is 23.1. The van der Waals surface area contributed by atoms with Crippen LogP contribution in [0.5, 0.6) is 0 Å². The van der Waals surface area contributed by atoms with Crippen LogP contribution < -0.4 is 0 Å². The smallest absolute Gasteiger partial charge is 0.329 e. The van der Waals surface area contributed by atoms with E-state index in [0.29, 0.717) is 24.4 Å². The van der Waals surface area contributed by atoms with Gasteiger partial charge in [-0.2, -0.15) is 5.10 Å². The third-order valence-electron chi connectivity index (χ3n) is 7.08. The number of aromatic nitrogens is 2. The van der Waals surface area contributed by atoms with Crippen LogP contribution in [0.1, 0.15) is 50.1 Å². The summed E-state index contributed by atoms with van der Waals surface area (Å²) in [6, 6.07) is 18.7. The number of hydrogen-bond acceptors (Lipinski definition) is 3. The number of rotatable bonds is 9. The summed E-state index contributed by atoms with van der Waals surface area (Å²) in [7, 11) is 0. The lowest BCUT2D eigenvalue weighted by atomic mass is 9.82.